The van der Waals surface area contributed by atoms with Crippen molar-refractivity contribution in [2.24, 2.45) is 5.41 Å². The number of ether oxygens (including phenoxy) is 1. The lowest BCUT2D eigenvalue weighted by molar-refractivity contribution is 0.116. The smallest absolute Gasteiger partial charge is 0.0639 e. The molecule has 0 unspecified atom stereocenters. The van der Waals surface area contributed by atoms with Crippen LogP contribution in [0.1, 0.15) is 32.8 Å². The van der Waals surface area contributed by atoms with E-state index in [0.717, 1.165) is 26.2 Å². The Morgan fingerprint density at radius 2 is 1.82 bits per heavy atom. The summed E-state index contributed by atoms with van der Waals surface area (Å²) < 4.78 is 5.61. The monoisotopic (exact) mass is 235 g/mol. The number of nitrogens with one attached hydrogen (secondary N) is 1. The average Bonchev–Trinajstić information content (AvgIpc) is 2.24. The molecule has 0 saturated carbocycles. The van der Waals surface area contributed by atoms with Gasteiger partial charge < -0.3 is 10.1 Å². The second-order valence-corrected chi connectivity index (χ2v) is 5.66. The molecule has 0 aliphatic heterocycles. The van der Waals surface area contributed by atoms with E-state index in [1.54, 1.807) is 0 Å². The molecule has 17 heavy (non-hydrogen) atoms. The summed E-state index contributed by atoms with van der Waals surface area (Å²) in [5, 5.41) is 3.39. The van der Waals surface area contributed by atoms with Gasteiger partial charge in [0.15, 0.2) is 0 Å². The van der Waals surface area contributed by atoms with Gasteiger partial charge in [0.05, 0.1) is 6.61 Å². The maximum Gasteiger partial charge on any atom is 0.0639 e. The first kappa shape index (κ1) is 14.0. The summed E-state index contributed by atoms with van der Waals surface area (Å²) in [5.41, 5.74) is 2.85. The SMILES string of the molecule is Cc1ccccc1NCCOCCC(C)(C)C. The zero-order valence-corrected chi connectivity index (χ0v) is 11.5. The van der Waals surface area contributed by atoms with Crippen molar-refractivity contribution in [3.05, 3.63) is 29.8 Å². The fourth-order valence-electron chi connectivity index (χ4n) is 1.51. The summed E-state index contributed by atoms with van der Waals surface area (Å²) in [4.78, 5) is 0. The normalized spacial score (nSPS) is 11.5. The molecule has 2 heteroatoms. The van der Waals surface area contributed by atoms with Crippen molar-refractivity contribution in [1.29, 1.82) is 0 Å². The largest absolute Gasteiger partial charge is 0.383 e. The zero-order chi connectivity index (χ0) is 12.7. The summed E-state index contributed by atoms with van der Waals surface area (Å²) in [6.45, 7) is 11.3. The van der Waals surface area contributed by atoms with E-state index in [1.165, 1.54) is 11.3 Å². The van der Waals surface area contributed by atoms with Crippen molar-refractivity contribution >= 4 is 5.69 Å². The number of hydrogen-bond acceptors (Lipinski definition) is 2. The minimum absolute atomic E-state index is 0.365. The second kappa shape index (κ2) is 6.65. The van der Waals surface area contributed by atoms with Gasteiger partial charge in [-0.1, -0.05) is 39.0 Å². The Bertz CT molecular complexity index is 328. The number of benzene rings is 1. The molecule has 0 spiro atoms. The molecule has 0 aliphatic rings. The van der Waals surface area contributed by atoms with Gasteiger partial charge in [-0.25, -0.2) is 0 Å². The number of rotatable bonds is 6. The molecule has 1 rings (SSSR count). The third-order valence-corrected chi connectivity index (χ3v) is 2.70. The lowest BCUT2D eigenvalue weighted by atomic mass is 9.93. The van der Waals surface area contributed by atoms with Gasteiger partial charge in [-0.15, -0.1) is 0 Å². The third-order valence-electron chi connectivity index (χ3n) is 2.70. The lowest BCUT2D eigenvalue weighted by Gasteiger charge is -2.17. The summed E-state index contributed by atoms with van der Waals surface area (Å²) in [6, 6.07) is 8.32. The Balaban J connectivity index is 2.11. The first-order chi connectivity index (χ1) is 7.99. The van der Waals surface area contributed by atoms with Crippen molar-refractivity contribution in [2.75, 3.05) is 25.1 Å². The predicted molar refractivity (Wildman–Crippen MR) is 74.6 cm³/mol. The van der Waals surface area contributed by atoms with E-state index in [9.17, 15) is 0 Å². The molecule has 0 atom stereocenters. The molecule has 0 aromatic heterocycles. The first-order valence-corrected chi connectivity index (χ1v) is 6.36. The van der Waals surface area contributed by atoms with Crippen LogP contribution >= 0.6 is 0 Å². The molecule has 0 amide bonds. The fraction of sp³-hybridized carbons (Fsp3) is 0.600. The highest BCUT2D eigenvalue weighted by atomic mass is 16.5. The molecule has 96 valence electrons. The summed E-state index contributed by atoms with van der Waals surface area (Å²) in [7, 11) is 0. The Morgan fingerprint density at radius 1 is 1.12 bits per heavy atom. The molecular formula is C15H25NO. The number of aryl methyl sites for hydroxylation is 1. The van der Waals surface area contributed by atoms with Gasteiger partial charge in [-0.3, -0.25) is 0 Å². The van der Waals surface area contributed by atoms with Crippen LogP contribution in [0.4, 0.5) is 5.69 Å². The topological polar surface area (TPSA) is 21.3 Å². The van der Waals surface area contributed by atoms with Crippen molar-refractivity contribution in [3.63, 3.8) is 0 Å². The van der Waals surface area contributed by atoms with Gasteiger partial charge in [0.25, 0.3) is 0 Å². The Hall–Kier alpha value is -1.02. The van der Waals surface area contributed by atoms with Gasteiger partial charge >= 0.3 is 0 Å². The van der Waals surface area contributed by atoms with Crippen LogP contribution in [0.15, 0.2) is 24.3 Å². The maximum atomic E-state index is 5.61. The van der Waals surface area contributed by atoms with E-state index < -0.39 is 0 Å². The fourth-order valence-corrected chi connectivity index (χ4v) is 1.51. The van der Waals surface area contributed by atoms with E-state index in [2.05, 4.69) is 57.3 Å². The minimum Gasteiger partial charge on any atom is -0.383 e. The molecule has 0 aliphatic carbocycles. The van der Waals surface area contributed by atoms with Gasteiger partial charge in [-0.2, -0.15) is 0 Å². The van der Waals surface area contributed by atoms with Crippen molar-refractivity contribution < 1.29 is 4.74 Å². The minimum atomic E-state index is 0.365. The van der Waals surface area contributed by atoms with Gasteiger partial charge in [0, 0.05) is 18.8 Å². The van der Waals surface area contributed by atoms with Crippen LogP contribution in [-0.2, 0) is 4.74 Å². The number of hydrogen-bond donors (Lipinski definition) is 1. The molecule has 0 heterocycles. The van der Waals surface area contributed by atoms with Crippen LogP contribution in [0.3, 0.4) is 0 Å². The highest BCUT2D eigenvalue weighted by Gasteiger charge is 2.08. The molecule has 0 radical (unpaired) electrons. The van der Waals surface area contributed by atoms with E-state index >= 15 is 0 Å². The number of anilines is 1. The molecule has 0 saturated heterocycles. The van der Waals surface area contributed by atoms with Crippen LogP contribution in [0, 0.1) is 12.3 Å². The van der Waals surface area contributed by atoms with Crippen LogP contribution in [0.5, 0.6) is 0 Å². The highest BCUT2D eigenvalue weighted by molar-refractivity contribution is 5.50. The Labute approximate surface area is 105 Å². The summed E-state index contributed by atoms with van der Waals surface area (Å²) >= 11 is 0. The molecule has 1 aromatic carbocycles. The molecular weight excluding hydrogens is 210 g/mol. The third kappa shape index (κ3) is 6.32. The van der Waals surface area contributed by atoms with E-state index in [-0.39, 0.29) is 0 Å². The van der Waals surface area contributed by atoms with Gasteiger partial charge in [0.1, 0.15) is 0 Å². The van der Waals surface area contributed by atoms with Crippen molar-refractivity contribution in [2.45, 2.75) is 34.1 Å². The first-order valence-electron chi connectivity index (χ1n) is 6.36. The Morgan fingerprint density at radius 3 is 2.47 bits per heavy atom. The zero-order valence-electron chi connectivity index (χ0n) is 11.5. The maximum absolute atomic E-state index is 5.61. The second-order valence-electron chi connectivity index (χ2n) is 5.66. The molecule has 1 aromatic rings. The van der Waals surface area contributed by atoms with Crippen molar-refractivity contribution in [3.8, 4) is 0 Å². The molecule has 2 nitrogen and oxygen atoms in total. The van der Waals surface area contributed by atoms with Crippen molar-refractivity contribution in [1.82, 2.24) is 0 Å². The van der Waals surface area contributed by atoms with Crippen LogP contribution < -0.4 is 5.32 Å². The lowest BCUT2D eigenvalue weighted by Crippen LogP contribution is -2.14. The van der Waals surface area contributed by atoms with Crippen LogP contribution in [-0.4, -0.2) is 19.8 Å². The van der Waals surface area contributed by atoms with Crippen LogP contribution in [0.2, 0.25) is 0 Å². The Kier molecular flexibility index (Phi) is 5.49. The number of para-hydroxylation sites is 1. The molecule has 1 N–H and O–H groups in total. The summed E-state index contributed by atoms with van der Waals surface area (Å²) in [6.07, 6.45) is 1.11. The summed E-state index contributed by atoms with van der Waals surface area (Å²) in [5.74, 6) is 0. The quantitative estimate of drug-likeness (QED) is 0.756. The van der Waals surface area contributed by atoms with E-state index in [1.807, 2.05) is 0 Å². The van der Waals surface area contributed by atoms with E-state index in [4.69, 9.17) is 4.74 Å². The van der Waals surface area contributed by atoms with E-state index in [0.29, 0.717) is 5.41 Å². The van der Waals surface area contributed by atoms with Gasteiger partial charge in [0.2, 0.25) is 0 Å². The molecule has 0 fully saturated rings. The van der Waals surface area contributed by atoms with Crippen LogP contribution in [0.25, 0.3) is 0 Å². The average molecular weight is 235 g/mol. The predicted octanol–water partition coefficient (Wildman–Crippen LogP) is 3.86. The highest BCUT2D eigenvalue weighted by Crippen LogP contribution is 2.17. The van der Waals surface area contributed by atoms with Gasteiger partial charge in [-0.05, 0) is 30.4 Å². The molecule has 0 bridgehead atoms. The standard InChI is InChI=1S/C15H25NO/c1-13-7-5-6-8-14(13)16-10-12-17-11-9-15(2,3)4/h5-8,16H,9-12H2,1-4H3.